The summed E-state index contributed by atoms with van der Waals surface area (Å²) < 4.78 is 35.9. The average molecular weight is 1440 g/mol. The van der Waals surface area contributed by atoms with Gasteiger partial charge in [-0.25, -0.2) is 24.0 Å². The number of carbonyl (C=O) groups is 14. The third kappa shape index (κ3) is 55.4. The molecule has 4 amide bonds. The smallest absolute Gasteiger partial charge is 0.354 e. The van der Waals surface area contributed by atoms with Crippen molar-refractivity contribution in [1.82, 2.24) is 21.3 Å². The van der Waals surface area contributed by atoms with Gasteiger partial charge in [0.2, 0.25) is 23.6 Å². The number of allylic oxidation sites excluding steroid dienone is 1. The highest BCUT2D eigenvalue weighted by Gasteiger charge is 2.21. The molecule has 0 aliphatic carbocycles. The van der Waals surface area contributed by atoms with Crippen LogP contribution in [0.5, 0.6) is 0 Å². The highest BCUT2D eigenvalue weighted by molar-refractivity contribution is 5.97. The van der Waals surface area contributed by atoms with Crippen LogP contribution in [0.2, 0.25) is 0 Å². The Morgan fingerprint density at radius 3 is 1.28 bits per heavy atom. The van der Waals surface area contributed by atoms with E-state index in [0.717, 1.165) is 22.3 Å². The molecule has 6 N–H and O–H groups in total. The van der Waals surface area contributed by atoms with Gasteiger partial charge in [0.1, 0.15) is 11.7 Å². The van der Waals surface area contributed by atoms with Crippen LogP contribution >= 0.6 is 0 Å². The van der Waals surface area contributed by atoms with E-state index in [0.29, 0.717) is 37.3 Å². The second kappa shape index (κ2) is 59.5. The van der Waals surface area contributed by atoms with Gasteiger partial charge in [0.25, 0.3) is 0 Å². The van der Waals surface area contributed by atoms with Gasteiger partial charge >= 0.3 is 59.7 Å². The van der Waals surface area contributed by atoms with Crippen molar-refractivity contribution in [2.75, 3.05) is 55.9 Å². The number of carboxylic acid groups (broad SMARTS) is 2. The third-order valence-corrected chi connectivity index (χ3v) is 11.9. The molecule has 4 aromatic rings. The number of aliphatic carboxylic acids is 2. The predicted molar refractivity (Wildman–Crippen MR) is 387 cm³/mol. The van der Waals surface area contributed by atoms with Gasteiger partial charge in [0.15, 0.2) is 0 Å². The molecule has 568 valence electrons. The van der Waals surface area contributed by atoms with Crippen LogP contribution in [0.15, 0.2) is 157 Å². The summed E-state index contributed by atoms with van der Waals surface area (Å²) in [6, 6.07) is 36.9. The van der Waals surface area contributed by atoms with E-state index in [1.807, 2.05) is 121 Å². The highest BCUT2D eigenvalue weighted by atomic mass is 16.6. The van der Waals surface area contributed by atoms with E-state index in [2.05, 4.69) is 61.0 Å². The molecule has 4 atom stereocenters. The molecule has 0 saturated heterocycles. The molecule has 0 radical (unpaired) electrons. The normalized spacial score (nSPS) is 11.2. The van der Waals surface area contributed by atoms with Crippen LogP contribution in [-0.2, 0) is 118 Å². The molecular formula is C74H108N4O24. The minimum Gasteiger partial charge on any atom is -0.481 e. The lowest BCUT2D eigenvalue weighted by molar-refractivity contribution is -0.151. The topological polar surface area (TPSA) is 401 Å². The zero-order valence-electron chi connectivity index (χ0n) is 61.1. The summed E-state index contributed by atoms with van der Waals surface area (Å²) in [5.74, 6) is -6.83. The standard InChI is InChI=1S/C12H15NO3.C12H13NO3.C10H12O2.C10H10O2.C8H15NO3.C8H13NO3.C7H12O4.C7H10O4.4H2/c2*1-9(14)13-11(12(15)16-2)8-10-6-4-3-5-7-10;2*1-8(10(11)12)7-9-5-3-2-4-6-9;2*1-4-12-8(11)5-6(2)9-7(3)10;2*1-5(7(9)11-3)4-6(8)10-2;;;;/h3-7,11H,8H2,1-2H3,(H,13,14);3-8H,1-2H3,(H,13,14);2-6,8H,7H2,1H3,(H,11,12);2-7H,1H3,(H,11,12);6H,4-5H2,1-3H3,(H,9,10);5H,4H2,1-3H3,(H,9,10);5H,4H2,1-3H3;1,4H2,2-3H3;4*1H/b;11-8-;;8-7+;;6-5-;;;;;;. The van der Waals surface area contributed by atoms with Crippen LogP contribution < -0.4 is 21.3 Å². The number of carbonyl (C=O) groups excluding carboxylic acids is 12. The van der Waals surface area contributed by atoms with Gasteiger partial charge in [-0.05, 0) is 75.4 Å². The fourth-order valence-electron chi connectivity index (χ4n) is 7.13. The first-order chi connectivity index (χ1) is 48.0. The molecule has 0 heterocycles. The van der Waals surface area contributed by atoms with Crippen LogP contribution in [-0.4, -0.2) is 161 Å². The predicted octanol–water partition coefficient (Wildman–Crippen LogP) is 9.04. The summed E-state index contributed by atoms with van der Waals surface area (Å²) in [4.78, 5) is 151. The van der Waals surface area contributed by atoms with E-state index in [1.165, 1.54) is 76.4 Å². The van der Waals surface area contributed by atoms with E-state index in [-0.39, 0.29) is 77.8 Å². The highest BCUT2D eigenvalue weighted by Crippen LogP contribution is 2.10. The lowest BCUT2D eigenvalue weighted by Crippen LogP contribution is -2.41. The molecule has 28 nitrogen and oxygen atoms in total. The van der Waals surface area contributed by atoms with Gasteiger partial charge in [0, 0.05) is 68.8 Å². The molecule has 0 fully saturated rings. The molecule has 28 heteroatoms. The average Bonchev–Trinajstić information content (AvgIpc) is 0.900. The molecule has 0 bridgehead atoms. The second-order valence-electron chi connectivity index (χ2n) is 21.0. The van der Waals surface area contributed by atoms with E-state index < -0.39 is 65.7 Å². The van der Waals surface area contributed by atoms with E-state index in [4.69, 9.17) is 14.9 Å². The van der Waals surface area contributed by atoms with Crippen molar-refractivity contribution in [3.8, 4) is 0 Å². The molecular weight excluding hydrogens is 1330 g/mol. The first kappa shape index (κ1) is 96.8. The summed E-state index contributed by atoms with van der Waals surface area (Å²) in [7, 11) is 7.62. The van der Waals surface area contributed by atoms with Gasteiger partial charge in [-0.3, -0.25) is 43.2 Å². The number of carboxylic acids is 2. The summed E-state index contributed by atoms with van der Waals surface area (Å²) in [6.07, 6.45) is 5.67. The number of rotatable bonds is 25. The van der Waals surface area contributed by atoms with E-state index in [9.17, 15) is 67.1 Å². The summed E-state index contributed by atoms with van der Waals surface area (Å²) in [6.45, 7) is 21.3. The Labute approximate surface area is 602 Å². The van der Waals surface area contributed by atoms with Crippen molar-refractivity contribution in [2.45, 2.75) is 120 Å². The maximum atomic E-state index is 11.4. The zero-order chi connectivity index (χ0) is 78.7. The molecule has 4 rings (SSSR count). The van der Waals surface area contributed by atoms with Crippen LogP contribution in [0.4, 0.5) is 0 Å². The van der Waals surface area contributed by atoms with Crippen LogP contribution in [0.3, 0.4) is 0 Å². The molecule has 4 unspecified atom stereocenters. The maximum absolute atomic E-state index is 11.4. The molecule has 0 aliphatic rings. The Balaban J connectivity index is -0.000000172. The SMILES string of the molecule is C/C(=C\c1ccccc1)C(=O)O.C=C(CC(=O)OC)C(=O)OC.CC(Cc1ccccc1)C(=O)O.CCOC(=O)/C=C(/C)NC(C)=O.CCOC(=O)CC(C)NC(C)=O.COC(=O)/C(=C/c1ccccc1)NC(C)=O.COC(=O)C(Cc1ccccc1)NC(C)=O.COC(=O)CC(C)C(=O)OC.[HH].[HH].[HH].[HH]. The van der Waals surface area contributed by atoms with Crippen molar-refractivity contribution >= 4 is 95.5 Å². The van der Waals surface area contributed by atoms with Crippen molar-refractivity contribution in [3.63, 3.8) is 0 Å². The van der Waals surface area contributed by atoms with Crippen LogP contribution in [0, 0.1) is 11.8 Å². The molecule has 0 aliphatic heterocycles. The number of nitrogens with one attached hydrogen (secondary N) is 4. The lowest BCUT2D eigenvalue weighted by Gasteiger charge is -2.15. The Morgan fingerprint density at radius 2 is 0.902 bits per heavy atom. The third-order valence-electron chi connectivity index (χ3n) is 11.9. The quantitative estimate of drug-likeness (QED) is 0.0204. The fourth-order valence-corrected chi connectivity index (χ4v) is 7.13. The van der Waals surface area contributed by atoms with Crippen molar-refractivity contribution in [2.24, 2.45) is 11.8 Å². The lowest BCUT2D eigenvalue weighted by atomic mass is 10.0. The summed E-state index contributed by atoms with van der Waals surface area (Å²) in [5.41, 5.74) is 4.84. The number of hydrogen-bond donors (Lipinski definition) is 6. The number of benzene rings is 4. The first-order valence-corrected chi connectivity index (χ1v) is 31.3. The number of esters is 8. The Morgan fingerprint density at radius 1 is 0.471 bits per heavy atom. The van der Waals surface area contributed by atoms with Gasteiger partial charge < -0.3 is 69.4 Å². The molecule has 102 heavy (non-hydrogen) atoms. The number of hydrogen-bond acceptors (Lipinski definition) is 22. The van der Waals surface area contributed by atoms with Gasteiger partial charge in [-0.15, -0.1) is 0 Å². The van der Waals surface area contributed by atoms with Gasteiger partial charge in [-0.2, -0.15) is 0 Å². The zero-order valence-corrected chi connectivity index (χ0v) is 61.1. The van der Waals surface area contributed by atoms with Gasteiger partial charge in [0.05, 0.1) is 87.0 Å². The Hall–Kier alpha value is -11.6. The first-order valence-electron chi connectivity index (χ1n) is 31.3. The fraction of sp³-hybridized carbons (Fsp3) is 0.378. The largest absolute Gasteiger partial charge is 0.481 e. The molecule has 0 saturated carbocycles. The summed E-state index contributed by atoms with van der Waals surface area (Å²) in [5, 5.41) is 27.3. The van der Waals surface area contributed by atoms with Gasteiger partial charge in [-0.1, -0.05) is 142 Å². The number of amides is 4. The number of ether oxygens (including phenoxy) is 8. The van der Waals surface area contributed by atoms with Crippen LogP contribution in [0.1, 0.15) is 123 Å². The second-order valence-corrected chi connectivity index (χ2v) is 21.0. The number of methoxy groups -OCH3 is 6. The van der Waals surface area contributed by atoms with Crippen LogP contribution in [0.25, 0.3) is 12.2 Å². The Kier molecular flexibility index (Phi) is 56.4. The Bertz CT molecular complexity index is 3360. The molecule has 4 aromatic carbocycles. The molecule has 0 spiro atoms. The van der Waals surface area contributed by atoms with E-state index in [1.54, 1.807) is 60.6 Å². The van der Waals surface area contributed by atoms with Crippen molar-refractivity contribution in [1.29, 1.82) is 0 Å². The molecule has 0 aromatic heterocycles. The van der Waals surface area contributed by atoms with Crippen molar-refractivity contribution in [3.05, 3.63) is 179 Å². The van der Waals surface area contributed by atoms with E-state index >= 15 is 0 Å². The minimum absolute atomic E-state index is 0. The monoisotopic (exact) mass is 1440 g/mol. The van der Waals surface area contributed by atoms with Crippen molar-refractivity contribution < 1.29 is 121 Å². The summed E-state index contributed by atoms with van der Waals surface area (Å²) >= 11 is 0. The maximum Gasteiger partial charge on any atom is 0.354 e. The minimum atomic E-state index is -0.876.